The molecule has 0 saturated heterocycles. The lowest BCUT2D eigenvalue weighted by molar-refractivity contribution is 0.487. The average molecular weight is 290 g/mol. The molecule has 2 N–H and O–H groups in total. The van der Waals surface area contributed by atoms with E-state index in [0.717, 1.165) is 6.07 Å². The number of fused-ring (bicyclic) bond motifs is 1. The highest BCUT2D eigenvalue weighted by molar-refractivity contribution is 5.73. The Morgan fingerprint density at radius 3 is 2.81 bits per heavy atom. The van der Waals surface area contributed by atoms with Crippen LogP contribution in [0.25, 0.3) is 11.1 Å². The van der Waals surface area contributed by atoms with Gasteiger partial charge in [-0.1, -0.05) is 18.2 Å². The van der Waals surface area contributed by atoms with Crippen molar-refractivity contribution in [3.05, 3.63) is 69.7 Å². The summed E-state index contributed by atoms with van der Waals surface area (Å²) in [5.41, 5.74) is 1.78. The van der Waals surface area contributed by atoms with Crippen molar-refractivity contribution in [3.8, 4) is 0 Å². The standard InChI is InChI=1S/C15H12F2N2O2/c1-18-14(9-3-2-4-10(16)13(9)17)8-5-6-11-12(7-8)21-15(20)19-11/h2-7,14,18H,1H3,(H,19,20). The number of H-pyrrole nitrogens is 1. The van der Waals surface area contributed by atoms with Gasteiger partial charge >= 0.3 is 5.76 Å². The number of halogens is 2. The fourth-order valence-electron chi connectivity index (χ4n) is 2.39. The van der Waals surface area contributed by atoms with E-state index >= 15 is 0 Å². The summed E-state index contributed by atoms with van der Waals surface area (Å²) in [6.45, 7) is 0. The van der Waals surface area contributed by atoms with Crippen molar-refractivity contribution in [1.82, 2.24) is 10.3 Å². The summed E-state index contributed by atoms with van der Waals surface area (Å²) in [6.07, 6.45) is 0. The van der Waals surface area contributed by atoms with Gasteiger partial charge < -0.3 is 9.73 Å². The monoisotopic (exact) mass is 290 g/mol. The van der Waals surface area contributed by atoms with Gasteiger partial charge in [-0.15, -0.1) is 0 Å². The summed E-state index contributed by atoms with van der Waals surface area (Å²) in [7, 11) is 1.65. The van der Waals surface area contributed by atoms with Crippen molar-refractivity contribution >= 4 is 11.1 Å². The molecule has 1 aromatic heterocycles. The zero-order valence-corrected chi connectivity index (χ0v) is 11.1. The van der Waals surface area contributed by atoms with Gasteiger partial charge in [0.05, 0.1) is 11.6 Å². The highest BCUT2D eigenvalue weighted by Gasteiger charge is 2.19. The van der Waals surface area contributed by atoms with E-state index in [0.29, 0.717) is 16.7 Å². The molecule has 0 amide bonds. The molecule has 0 aliphatic heterocycles. The zero-order valence-electron chi connectivity index (χ0n) is 11.1. The van der Waals surface area contributed by atoms with Crippen molar-refractivity contribution < 1.29 is 13.2 Å². The molecule has 0 spiro atoms. The largest absolute Gasteiger partial charge is 0.417 e. The van der Waals surface area contributed by atoms with Crippen LogP contribution in [0.2, 0.25) is 0 Å². The van der Waals surface area contributed by atoms with Crippen LogP contribution in [0.3, 0.4) is 0 Å². The first kappa shape index (κ1) is 13.5. The molecule has 3 aromatic rings. The minimum absolute atomic E-state index is 0.190. The molecule has 0 aliphatic rings. The molecule has 0 bridgehead atoms. The first-order valence-electron chi connectivity index (χ1n) is 6.34. The van der Waals surface area contributed by atoms with E-state index in [-0.39, 0.29) is 5.56 Å². The number of hydrogen-bond acceptors (Lipinski definition) is 3. The van der Waals surface area contributed by atoms with Crippen LogP contribution in [0.1, 0.15) is 17.2 Å². The summed E-state index contributed by atoms with van der Waals surface area (Å²) < 4.78 is 32.3. The Labute approximate surface area is 118 Å². The molecule has 1 atom stereocenters. The smallest absolute Gasteiger partial charge is 0.408 e. The summed E-state index contributed by atoms with van der Waals surface area (Å²) in [4.78, 5) is 13.7. The highest BCUT2D eigenvalue weighted by Crippen LogP contribution is 2.27. The Balaban J connectivity index is 2.13. The van der Waals surface area contributed by atoms with Crippen LogP contribution in [0.5, 0.6) is 0 Å². The molecule has 4 nitrogen and oxygen atoms in total. The second-order valence-electron chi connectivity index (χ2n) is 4.63. The molecule has 1 unspecified atom stereocenters. The van der Waals surface area contributed by atoms with E-state index in [1.807, 2.05) is 0 Å². The Hall–Kier alpha value is -2.47. The molecule has 0 saturated carbocycles. The normalized spacial score (nSPS) is 12.7. The van der Waals surface area contributed by atoms with Gasteiger partial charge in [0.2, 0.25) is 0 Å². The maximum absolute atomic E-state index is 13.9. The van der Waals surface area contributed by atoms with Gasteiger partial charge in [-0.25, -0.2) is 13.6 Å². The van der Waals surface area contributed by atoms with Crippen LogP contribution in [0.15, 0.2) is 45.6 Å². The summed E-state index contributed by atoms with van der Waals surface area (Å²) in [6, 6.07) is 8.49. The van der Waals surface area contributed by atoms with Crippen LogP contribution in [-0.4, -0.2) is 12.0 Å². The molecule has 0 radical (unpaired) electrons. The number of oxazole rings is 1. The first-order valence-corrected chi connectivity index (χ1v) is 6.34. The molecule has 0 aliphatic carbocycles. The van der Waals surface area contributed by atoms with Gasteiger partial charge in [0.15, 0.2) is 17.2 Å². The Kier molecular flexibility index (Phi) is 3.31. The van der Waals surface area contributed by atoms with Crippen molar-refractivity contribution in [2.45, 2.75) is 6.04 Å². The third-order valence-electron chi connectivity index (χ3n) is 3.36. The Bertz CT molecular complexity index is 854. The highest BCUT2D eigenvalue weighted by atomic mass is 19.2. The lowest BCUT2D eigenvalue weighted by Crippen LogP contribution is -2.19. The molecular formula is C15H12F2N2O2. The van der Waals surface area contributed by atoms with E-state index in [9.17, 15) is 13.6 Å². The van der Waals surface area contributed by atoms with Crippen molar-refractivity contribution in [2.75, 3.05) is 7.05 Å². The maximum Gasteiger partial charge on any atom is 0.417 e. The number of hydrogen-bond donors (Lipinski definition) is 2. The number of aromatic amines is 1. The fraction of sp³-hybridized carbons (Fsp3) is 0.133. The molecule has 21 heavy (non-hydrogen) atoms. The molecular weight excluding hydrogens is 278 g/mol. The number of nitrogens with one attached hydrogen (secondary N) is 2. The predicted molar refractivity (Wildman–Crippen MR) is 74.1 cm³/mol. The molecule has 3 rings (SSSR count). The van der Waals surface area contributed by atoms with Crippen LogP contribution in [0, 0.1) is 11.6 Å². The molecule has 108 valence electrons. The minimum Gasteiger partial charge on any atom is -0.408 e. The topological polar surface area (TPSA) is 58.0 Å². The van der Waals surface area contributed by atoms with Crippen LogP contribution < -0.4 is 11.1 Å². The van der Waals surface area contributed by atoms with E-state index in [4.69, 9.17) is 4.42 Å². The third kappa shape index (κ3) is 2.34. The number of rotatable bonds is 3. The van der Waals surface area contributed by atoms with Crippen molar-refractivity contribution in [2.24, 2.45) is 0 Å². The fourth-order valence-corrected chi connectivity index (χ4v) is 2.39. The Morgan fingerprint density at radius 1 is 1.24 bits per heavy atom. The first-order chi connectivity index (χ1) is 10.1. The van der Waals surface area contributed by atoms with Crippen LogP contribution in [0.4, 0.5) is 8.78 Å². The summed E-state index contributed by atoms with van der Waals surface area (Å²) >= 11 is 0. The Morgan fingerprint density at radius 2 is 2.05 bits per heavy atom. The quantitative estimate of drug-likeness (QED) is 0.779. The summed E-state index contributed by atoms with van der Waals surface area (Å²) in [5, 5.41) is 2.94. The summed E-state index contributed by atoms with van der Waals surface area (Å²) in [5.74, 6) is -2.35. The average Bonchev–Trinajstić information content (AvgIpc) is 2.83. The number of aromatic nitrogens is 1. The minimum atomic E-state index is -0.901. The van der Waals surface area contributed by atoms with Gasteiger partial charge in [0.1, 0.15) is 0 Å². The van der Waals surface area contributed by atoms with Gasteiger partial charge in [-0.05, 0) is 30.8 Å². The van der Waals surface area contributed by atoms with Crippen molar-refractivity contribution in [3.63, 3.8) is 0 Å². The molecule has 0 fully saturated rings. The van der Waals surface area contributed by atoms with E-state index in [2.05, 4.69) is 10.3 Å². The lowest BCUT2D eigenvalue weighted by Gasteiger charge is -2.18. The molecule has 6 heteroatoms. The lowest BCUT2D eigenvalue weighted by atomic mass is 9.98. The maximum atomic E-state index is 13.9. The van der Waals surface area contributed by atoms with Crippen LogP contribution in [-0.2, 0) is 0 Å². The third-order valence-corrected chi connectivity index (χ3v) is 3.36. The predicted octanol–water partition coefficient (Wildman–Crippen LogP) is 2.71. The molecule has 1 heterocycles. The second-order valence-corrected chi connectivity index (χ2v) is 4.63. The molecule has 2 aromatic carbocycles. The van der Waals surface area contributed by atoms with E-state index in [1.165, 1.54) is 12.1 Å². The zero-order chi connectivity index (χ0) is 15.0. The van der Waals surface area contributed by atoms with Gasteiger partial charge in [-0.2, -0.15) is 0 Å². The van der Waals surface area contributed by atoms with Crippen LogP contribution >= 0.6 is 0 Å². The van der Waals surface area contributed by atoms with Gasteiger partial charge in [0, 0.05) is 5.56 Å². The van der Waals surface area contributed by atoms with Crippen molar-refractivity contribution in [1.29, 1.82) is 0 Å². The van der Waals surface area contributed by atoms with E-state index < -0.39 is 23.4 Å². The van der Waals surface area contributed by atoms with Gasteiger partial charge in [0.25, 0.3) is 0 Å². The van der Waals surface area contributed by atoms with E-state index in [1.54, 1.807) is 25.2 Å². The SMILES string of the molecule is CNC(c1ccc2[nH]c(=O)oc2c1)c1cccc(F)c1F. The number of benzene rings is 2. The second kappa shape index (κ2) is 5.14. The van der Waals surface area contributed by atoms with Gasteiger partial charge in [-0.3, -0.25) is 4.98 Å².